The molecule has 3 aromatic rings. The zero-order chi connectivity index (χ0) is 39.5. The fraction of sp³-hybridized carbons (Fsp3) is 0.419. The molecule has 1 heterocycles. The molecule has 0 aromatic heterocycles. The van der Waals surface area contributed by atoms with Gasteiger partial charge >= 0.3 is 12.1 Å². The maximum atomic E-state index is 14.2. The SMILES string of the molecule is CCOC(=O)C=C[C@H](C[C@@H]1CCNC1=O)NC(=O)[C@H](Cc1ccccc1)NC(=O)[C@@H](NC(=O)OCC1c2ccccc2-c2ccccc21)[C@@H](C)OC(C)(C)C. The molecule has 4 N–H and O–H groups in total. The van der Waals surface area contributed by atoms with E-state index in [-0.39, 0.29) is 43.8 Å². The van der Waals surface area contributed by atoms with Crippen LogP contribution in [0.25, 0.3) is 11.1 Å². The Bertz CT molecular complexity index is 1810. The lowest BCUT2D eigenvalue weighted by molar-refractivity contribution is -0.137. The number of amides is 4. The molecule has 0 saturated carbocycles. The van der Waals surface area contributed by atoms with Crippen LogP contribution < -0.4 is 21.3 Å². The summed E-state index contributed by atoms with van der Waals surface area (Å²) >= 11 is 0. The van der Waals surface area contributed by atoms with Crippen molar-refractivity contribution in [3.63, 3.8) is 0 Å². The van der Waals surface area contributed by atoms with E-state index < -0.39 is 53.7 Å². The molecule has 12 heteroatoms. The van der Waals surface area contributed by atoms with E-state index in [1.165, 1.54) is 12.2 Å². The van der Waals surface area contributed by atoms with Gasteiger partial charge in [-0.05, 0) is 75.3 Å². The molecular weight excluding hydrogens is 700 g/mol. The van der Waals surface area contributed by atoms with E-state index in [2.05, 4.69) is 21.3 Å². The second-order valence-electron chi connectivity index (χ2n) is 14.9. The fourth-order valence-corrected chi connectivity index (χ4v) is 7.14. The Morgan fingerprint density at radius 2 is 1.49 bits per heavy atom. The van der Waals surface area contributed by atoms with Crippen molar-refractivity contribution in [2.24, 2.45) is 5.92 Å². The summed E-state index contributed by atoms with van der Waals surface area (Å²) in [7, 11) is 0. The smallest absolute Gasteiger partial charge is 0.407 e. The van der Waals surface area contributed by atoms with Gasteiger partial charge < -0.3 is 35.5 Å². The Hall–Kier alpha value is -5.49. The number of benzene rings is 3. The van der Waals surface area contributed by atoms with Crippen LogP contribution in [0.1, 0.15) is 70.1 Å². The third kappa shape index (κ3) is 11.3. The van der Waals surface area contributed by atoms with Gasteiger partial charge in [-0.25, -0.2) is 9.59 Å². The van der Waals surface area contributed by atoms with Crippen LogP contribution in [0.5, 0.6) is 0 Å². The van der Waals surface area contributed by atoms with Gasteiger partial charge in [-0.3, -0.25) is 14.4 Å². The molecule has 1 fully saturated rings. The van der Waals surface area contributed by atoms with E-state index in [1.807, 2.05) is 99.6 Å². The Morgan fingerprint density at radius 1 is 0.855 bits per heavy atom. The number of alkyl carbamates (subject to hydrolysis) is 1. The van der Waals surface area contributed by atoms with Crippen molar-refractivity contribution in [1.29, 1.82) is 0 Å². The van der Waals surface area contributed by atoms with E-state index in [0.29, 0.717) is 13.0 Å². The first-order valence-corrected chi connectivity index (χ1v) is 18.9. The first kappa shape index (κ1) is 40.7. The number of nitrogens with one attached hydrogen (secondary N) is 4. The molecule has 12 nitrogen and oxygen atoms in total. The van der Waals surface area contributed by atoms with Gasteiger partial charge in [0.25, 0.3) is 0 Å². The van der Waals surface area contributed by atoms with E-state index >= 15 is 0 Å². The Labute approximate surface area is 322 Å². The summed E-state index contributed by atoms with van der Waals surface area (Å²) in [6.45, 7) is 9.62. The highest BCUT2D eigenvalue weighted by molar-refractivity contribution is 5.92. The van der Waals surface area contributed by atoms with Crippen LogP contribution in [-0.2, 0) is 39.8 Å². The Kier molecular flexibility index (Phi) is 13.8. The summed E-state index contributed by atoms with van der Waals surface area (Å²) < 4.78 is 17.0. The molecule has 1 aliphatic heterocycles. The highest BCUT2D eigenvalue weighted by atomic mass is 16.6. The standard InChI is InChI=1S/C43H52N4O8/c1-6-53-37(48)21-20-30(25-29-22-23-44-39(29)49)45-40(50)36(24-28-14-8-7-9-15-28)46-41(51)38(27(2)55-43(3,4)5)47-42(52)54-26-35-33-18-12-10-16-31(33)32-17-11-13-19-34(32)35/h7-21,27,29-30,35-36,38H,6,22-26H2,1-5H3,(H,44,49)(H,45,50)(H,46,51)(H,47,52)/t27-,29+,30-,36+,38+/m1/s1. The fourth-order valence-electron chi connectivity index (χ4n) is 7.14. The van der Waals surface area contributed by atoms with Crippen LogP contribution in [0.4, 0.5) is 4.79 Å². The third-order valence-electron chi connectivity index (χ3n) is 9.60. The molecule has 0 unspecified atom stereocenters. The molecule has 1 saturated heterocycles. The van der Waals surface area contributed by atoms with Gasteiger partial charge in [0.1, 0.15) is 18.7 Å². The van der Waals surface area contributed by atoms with Gasteiger partial charge in [0.15, 0.2) is 0 Å². The van der Waals surface area contributed by atoms with Crippen LogP contribution in [0, 0.1) is 5.92 Å². The lowest BCUT2D eigenvalue weighted by Crippen LogP contribution is -2.59. The minimum absolute atomic E-state index is 0.0431. The van der Waals surface area contributed by atoms with Gasteiger partial charge in [0.05, 0.1) is 18.3 Å². The minimum Gasteiger partial charge on any atom is -0.463 e. The molecule has 0 spiro atoms. The van der Waals surface area contributed by atoms with Crippen LogP contribution in [0.2, 0.25) is 0 Å². The zero-order valence-electron chi connectivity index (χ0n) is 32.1. The van der Waals surface area contributed by atoms with Gasteiger partial charge in [-0.15, -0.1) is 0 Å². The predicted molar refractivity (Wildman–Crippen MR) is 208 cm³/mol. The van der Waals surface area contributed by atoms with Gasteiger partial charge in [-0.1, -0.05) is 84.9 Å². The quantitative estimate of drug-likeness (QED) is 0.118. The van der Waals surface area contributed by atoms with Gasteiger partial charge in [-0.2, -0.15) is 0 Å². The average molecular weight is 753 g/mol. The van der Waals surface area contributed by atoms with Crippen molar-refractivity contribution in [3.05, 3.63) is 108 Å². The number of esters is 1. The lowest BCUT2D eigenvalue weighted by atomic mass is 9.97. The van der Waals surface area contributed by atoms with Crippen LogP contribution in [0.15, 0.2) is 91.0 Å². The second-order valence-corrected chi connectivity index (χ2v) is 14.9. The summed E-state index contributed by atoms with van der Waals surface area (Å²) in [5.74, 6) is -2.47. The van der Waals surface area contributed by atoms with E-state index in [1.54, 1.807) is 13.8 Å². The molecule has 5 atom stereocenters. The average Bonchev–Trinajstić information content (AvgIpc) is 3.70. The molecule has 292 valence electrons. The summed E-state index contributed by atoms with van der Waals surface area (Å²) in [4.78, 5) is 66.5. The number of rotatable bonds is 16. The number of carbonyl (C=O) groups is 5. The first-order valence-electron chi connectivity index (χ1n) is 18.9. The van der Waals surface area contributed by atoms with Crippen LogP contribution in [-0.4, -0.2) is 79.4 Å². The molecule has 3 aromatic carbocycles. The van der Waals surface area contributed by atoms with E-state index in [0.717, 1.165) is 27.8 Å². The predicted octanol–water partition coefficient (Wildman–Crippen LogP) is 4.96. The number of ether oxygens (including phenoxy) is 3. The van der Waals surface area contributed by atoms with Crippen molar-refractivity contribution in [1.82, 2.24) is 21.3 Å². The summed E-state index contributed by atoms with van der Waals surface area (Å²) in [5.41, 5.74) is 4.38. The minimum atomic E-state index is -1.25. The van der Waals surface area contributed by atoms with Crippen molar-refractivity contribution in [3.8, 4) is 11.1 Å². The van der Waals surface area contributed by atoms with Crippen LogP contribution >= 0.6 is 0 Å². The first-order chi connectivity index (χ1) is 26.3. The molecule has 4 amide bonds. The lowest BCUT2D eigenvalue weighted by Gasteiger charge is -2.32. The molecule has 2 aliphatic rings. The second kappa shape index (κ2) is 18.7. The monoisotopic (exact) mass is 752 g/mol. The van der Waals surface area contributed by atoms with Crippen molar-refractivity contribution < 1.29 is 38.2 Å². The molecule has 1 aliphatic carbocycles. The molecule has 0 bridgehead atoms. The Morgan fingerprint density at radius 3 is 2.09 bits per heavy atom. The highest BCUT2D eigenvalue weighted by Gasteiger charge is 2.36. The maximum absolute atomic E-state index is 14.2. The maximum Gasteiger partial charge on any atom is 0.407 e. The summed E-state index contributed by atoms with van der Waals surface area (Å²) in [6.07, 6.45) is 2.02. The zero-order valence-corrected chi connectivity index (χ0v) is 32.1. The number of hydrogen-bond donors (Lipinski definition) is 4. The van der Waals surface area contributed by atoms with Crippen molar-refractivity contribution >= 4 is 29.8 Å². The van der Waals surface area contributed by atoms with Crippen molar-refractivity contribution in [2.75, 3.05) is 19.8 Å². The summed E-state index contributed by atoms with van der Waals surface area (Å²) in [5, 5.41) is 11.3. The third-order valence-corrected chi connectivity index (χ3v) is 9.60. The Balaban J connectivity index is 1.34. The normalized spacial score (nSPS) is 17.3. The van der Waals surface area contributed by atoms with Crippen molar-refractivity contribution in [2.45, 2.75) is 89.6 Å². The number of carbonyl (C=O) groups excluding carboxylic acids is 5. The molecule has 5 rings (SSSR count). The van der Waals surface area contributed by atoms with Gasteiger partial charge in [0, 0.05) is 36.9 Å². The molecular formula is C43H52N4O8. The molecule has 0 radical (unpaired) electrons. The molecule has 55 heavy (non-hydrogen) atoms. The van der Waals surface area contributed by atoms with E-state index in [9.17, 15) is 24.0 Å². The largest absolute Gasteiger partial charge is 0.463 e. The highest BCUT2D eigenvalue weighted by Crippen LogP contribution is 2.44. The number of fused-ring (bicyclic) bond motifs is 3. The topological polar surface area (TPSA) is 161 Å². The van der Waals surface area contributed by atoms with Crippen LogP contribution in [0.3, 0.4) is 0 Å². The van der Waals surface area contributed by atoms with E-state index in [4.69, 9.17) is 14.2 Å². The van der Waals surface area contributed by atoms with Gasteiger partial charge in [0.2, 0.25) is 17.7 Å². The summed E-state index contributed by atoms with van der Waals surface area (Å²) in [6, 6.07) is 22.1. The number of hydrogen-bond acceptors (Lipinski definition) is 8.